The second kappa shape index (κ2) is 8.37. The summed E-state index contributed by atoms with van der Waals surface area (Å²) in [6.45, 7) is 1.17. The van der Waals surface area contributed by atoms with E-state index in [4.69, 9.17) is 15.2 Å². The second-order valence-electron chi connectivity index (χ2n) is 7.12. The predicted molar refractivity (Wildman–Crippen MR) is 105 cm³/mol. The number of carbonyl (C=O) groups is 2. The number of carbonyl (C=O) groups excluding carboxylic acids is 2. The highest BCUT2D eigenvalue weighted by molar-refractivity contribution is 5.72. The van der Waals surface area contributed by atoms with Gasteiger partial charge in [0, 0.05) is 13.1 Å². The molecule has 0 spiro atoms. The summed E-state index contributed by atoms with van der Waals surface area (Å²) < 4.78 is 32.9. The number of methoxy groups -OCH3 is 1. The average molecular weight is 449 g/mol. The van der Waals surface area contributed by atoms with Gasteiger partial charge in [-0.3, -0.25) is 19.3 Å². The molecule has 0 bridgehead atoms. The number of halogens is 1. The molecule has 0 radical (unpaired) electrons. The van der Waals surface area contributed by atoms with Crippen molar-refractivity contribution in [3.63, 3.8) is 0 Å². The van der Waals surface area contributed by atoms with Crippen LogP contribution in [0.1, 0.15) is 25.3 Å². The number of alkyl halides is 1. The summed E-state index contributed by atoms with van der Waals surface area (Å²) >= 11 is 0. The number of H-pyrrole nitrogens is 1. The summed E-state index contributed by atoms with van der Waals surface area (Å²) in [5, 5.41) is 6.60. The number of aromatic amines is 1. The summed E-state index contributed by atoms with van der Waals surface area (Å²) in [7, 11) is 1.15. The molecule has 4 rings (SSSR count). The molecule has 170 valence electrons. The van der Waals surface area contributed by atoms with Crippen LogP contribution in [0.4, 0.5) is 10.3 Å². The number of ether oxygens (including phenoxy) is 3. The second-order valence-corrected chi connectivity index (χ2v) is 7.12. The first kappa shape index (κ1) is 21.4. The number of hydrogen-bond acceptors (Lipinski definition) is 10. The number of nitrogens with zero attached hydrogens (tertiary/aromatic N) is 5. The van der Waals surface area contributed by atoms with Crippen molar-refractivity contribution in [1.29, 1.82) is 0 Å². The lowest BCUT2D eigenvalue weighted by Gasteiger charge is -2.19. The van der Waals surface area contributed by atoms with Crippen LogP contribution in [-0.4, -0.2) is 66.7 Å². The lowest BCUT2D eigenvalue weighted by molar-refractivity contribution is -0.154. The number of anilines is 1. The third kappa shape index (κ3) is 3.79. The van der Waals surface area contributed by atoms with Gasteiger partial charge in [0.15, 0.2) is 24.2 Å². The van der Waals surface area contributed by atoms with Gasteiger partial charge >= 0.3 is 17.6 Å². The van der Waals surface area contributed by atoms with Crippen LogP contribution < -0.4 is 11.4 Å². The molecule has 1 aliphatic rings. The zero-order valence-electron chi connectivity index (χ0n) is 17.1. The average Bonchev–Trinajstić information content (AvgIpc) is 3.42. The van der Waals surface area contributed by atoms with Crippen molar-refractivity contribution in [2.45, 2.75) is 44.5 Å². The van der Waals surface area contributed by atoms with Crippen LogP contribution in [0.15, 0.2) is 23.3 Å². The summed E-state index contributed by atoms with van der Waals surface area (Å²) in [6.07, 6.45) is -3.70. The predicted octanol–water partition coefficient (Wildman–Crippen LogP) is -0.323. The normalized spacial score (nSPS) is 22.8. The molecular formula is C18H20FN7O6. The SMILES string of the molecule is COC(=O)C[C@H]1O[C@@H](n2c(=O)n(Cc3ccn[nH]3)c3cnc(N)nc32)[C@H](OC(C)=O)[C@@H]1F. The Morgan fingerprint density at radius 3 is 2.84 bits per heavy atom. The van der Waals surface area contributed by atoms with Crippen LogP contribution in [0.3, 0.4) is 0 Å². The van der Waals surface area contributed by atoms with Crippen LogP contribution in [0.25, 0.3) is 11.2 Å². The topological polar surface area (TPSA) is 169 Å². The highest BCUT2D eigenvalue weighted by Crippen LogP contribution is 2.36. The Morgan fingerprint density at radius 2 is 2.19 bits per heavy atom. The molecule has 1 saturated heterocycles. The molecule has 3 aromatic heterocycles. The van der Waals surface area contributed by atoms with Gasteiger partial charge in [0.25, 0.3) is 0 Å². The molecule has 14 heteroatoms. The van der Waals surface area contributed by atoms with E-state index in [9.17, 15) is 14.4 Å². The Hall–Kier alpha value is -3.81. The fourth-order valence-corrected chi connectivity index (χ4v) is 3.63. The summed E-state index contributed by atoms with van der Waals surface area (Å²) in [6, 6.07) is 1.67. The van der Waals surface area contributed by atoms with E-state index in [1.807, 2.05) is 0 Å². The maximum atomic E-state index is 15.2. The molecule has 0 saturated carbocycles. The van der Waals surface area contributed by atoms with E-state index in [2.05, 4.69) is 24.9 Å². The number of imidazole rings is 1. The van der Waals surface area contributed by atoms with Gasteiger partial charge in [-0.15, -0.1) is 0 Å². The highest BCUT2D eigenvalue weighted by Gasteiger charge is 2.50. The zero-order valence-corrected chi connectivity index (χ0v) is 17.1. The Kier molecular flexibility index (Phi) is 5.61. The Labute approximate surface area is 179 Å². The van der Waals surface area contributed by atoms with Gasteiger partial charge < -0.3 is 19.9 Å². The van der Waals surface area contributed by atoms with E-state index >= 15 is 4.39 Å². The highest BCUT2D eigenvalue weighted by atomic mass is 19.1. The fourth-order valence-electron chi connectivity index (χ4n) is 3.63. The fraction of sp³-hybridized carbons (Fsp3) is 0.444. The number of esters is 2. The molecular weight excluding hydrogens is 429 g/mol. The lowest BCUT2D eigenvalue weighted by Crippen LogP contribution is -2.37. The Bertz CT molecular complexity index is 1210. The van der Waals surface area contributed by atoms with Crippen LogP contribution >= 0.6 is 0 Å². The number of rotatable bonds is 6. The molecule has 0 aromatic carbocycles. The number of nitrogens with one attached hydrogen (secondary N) is 1. The standard InChI is InChI=1S/C18H20FN7O6/c1-8(27)31-14-13(19)11(5-12(28)30-2)32-16(14)26-15-10(6-21-17(20)23-15)25(18(26)29)7-9-3-4-22-24-9/h3-4,6,11,13-14,16H,5,7H2,1-2H3,(H,22,24)(H2,20,21,23)/t11-,13-,14-,16-/m1/s1. The molecule has 1 aliphatic heterocycles. The van der Waals surface area contributed by atoms with Gasteiger partial charge in [0.2, 0.25) is 5.95 Å². The van der Waals surface area contributed by atoms with Crippen molar-refractivity contribution < 1.29 is 28.2 Å². The molecule has 13 nitrogen and oxygen atoms in total. The van der Waals surface area contributed by atoms with Crippen LogP contribution in [0, 0.1) is 0 Å². The van der Waals surface area contributed by atoms with E-state index in [0.29, 0.717) is 5.69 Å². The number of nitrogen functional groups attached to an aromatic ring is 1. The molecule has 4 heterocycles. The van der Waals surface area contributed by atoms with Crippen molar-refractivity contribution in [3.8, 4) is 0 Å². The monoisotopic (exact) mass is 449 g/mol. The Morgan fingerprint density at radius 1 is 1.41 bits per heavy atom. The number of nitrogens with two attached hydrogens (primary N) is 1. The van der Waals surface area contributed by atoms with Gasteiger partial charge in [0.05, 0.1) is 32.0 Å². The summed E-state index contributed by atoms with van der Waals surface area (Å²) in [4.78, 5) is 44.8. The van der Waals surface area contributed by atoms with Crippen molar-refractivity contribution >= 4 is 29.1 Å². The van der Waals surface area contributed by atoms with E-state index in [0.717, 1.165) is 18.6 Å². The van der Waals surface area contributed by atoms with Gasteiger partial charge in [-0.2, -0.15) is 10.1 Å². The third-order valence-electron chi connectivity index (χ3n) is 5.03. The van der Waals surface area contributed by atoms with Gasteiger partial charge in [-0.1, -0.05) is 0 Å². The number of fused-ring (bicyclic) bond motifs is 1. The largest absolute Gasteiger partial charge is 0.469 e. The third-order valence-corrected chi connectivity index (χ3v) is 5.03. The molecule has 3 aromatic rings. The molecule has 0 unspecified atom stereocenters. The van der Waals surface area contributed by atoms with Crippen LogP contribution in [-0.2, 0) is 30.3 Å². The van der Waals surface area contributed by atoms with Crippen molar-refractivity contribution in [2.75, 3.05) is 12.8 Å². The van der Waals surface area contributed by atoms with E-state index in [1.165, 1.54) is 17.0 Å². The minimum Gasteiger partial charge on any atom is -0.469 e. The van der Waals surface area contributed by atoms with E-state index < -0.39 is 48.7 Å². The molecule has 32 heavy (non-hydrogen) atoms. The van der Waals surface area contributed by atoms with E-state index in [-0.39, 0.29) is 23.7 Å². The quantitative estimate of drug-likeness (QED) is 0.475. The number of hydrogen-bond donors (Lipinski definition) is 2. The first-order valence-corrected chi connectivity index (χ1v) is 9.55. The Balaban J connectivity index is 1.83. The lowest BCUT2D eigenvalue weighted by atomic mass is 10.1. The van der Waals surface area contributed by atoms with Gasteiger partial charge in [-0.05, 0) is 6.07 Å². The van der Waals surface area contributed by atoms with Crippen LogP contribution in [0.2, 0.25) is 0 Å². The first-order chi connectivity index (χ1) is 15.3. The maximum Gasteiger partial charge on any atom is 0.333 e. The number of aromatic nitrogens is 6. The smallest absolute Gasteiger partial charge is 0.333 e. The van der Waals surface area contributed by atoms with Gasteiger partial charge in [0.1, 0.15) is 11.6 Å². The molecule has 0 amide bonds. The molecule has 1 fully saturated rings. The zero-order chi connectivity index (χ0) is 23.0. The van der Waals surface area contributed by atoms with E-state index in [1.54, 1.807) is 6.07 Å². The minimum atomic E-state index is -1.90. The summed E-state index contributed by atoms with van der Waals surface area (Å²) in [5.74, 6) is -1.64. The van der Waals surface area contributed by atoms with Crippen molar-refractivity contribution in [1.82, 2.24) is 29.3 Å². The molecule has 4 atom stereocenters. The maximum absolute atomic E-state index is 15.2. The van der Waals surface area contributed by atoms with Crippen molar-refractivity contribution in [2.24, 2.45) is 0 Å². The van der Waals surface area contributed by atoms with Gasteiger partial charge in [-0.25, -0.2) is 18.7 Å². The minimum absolute atomic E-state index is 0.0510. The molecule has 3 N–H and O–H groups in total. The summed E-state index contributed by atoms with van der Waals surface area (Å²) in [5.41, 5.74) is 6.03. The first-order valence-electron chi connectivity index (χ1n) is 9.55. The molecule has 0 aliphatic carbocycles. The van der Waals surface area contributed by atoms with Crippen LogP contribution in [0.5, 0.6) is 0 Å². The van der Waals surface area contributed by atoms with Crippen molar-refractivity contribution in [3.05, 3.63) is 34.6 Å².